The Hall–Kier alpha value is 0.535. The second kappa shape index (κ2) is 6.92. The fourth-order valence-corrected chi connectivity index (χ4v) is 0.955. The monoisotopic (exact) mass is 323 g/mol. The average molecular weight is 323 g/mol. The first kappa shape index (κ1) is 16.9. The van der Waals surface area contributed by atoms with E-state index in [1.54, 1.807) is 6.92 Å². The summed E-state index contributed by atoms with van der Waals surface area (Å²) >= 11 is 0. The van der Waals surface area contributed by atoms with Gasteiger partial charge in [0.2, 0.25) is 0 Å². The van der Waals surface area contributed by atoms with Gasteiger partial charge in [0.15, 0.2) is 0 Å². The molecule has 2 nitrogen and oxygen atoms in total. The van der Waals surface area contributed by atoms with Crippen molar-refractivity contribution < 1.29 is 45.2 Å². The summed E-state index contributed by atoms with van der Waals surface area (Å²) in [6.07, 6.45) is 0.567. The van der Waals surface area contributed by atoms with E-state index in [2.05, 4.69) is 0 Å². The van der Waals surface area contributed by atoms with E-state index in [1.165, 1.54) is 0 Å². The van der Waals surface area contributed by atoms with Crippen LogP contribution >= 0.6 is 0 Å². The third-order valence-electron chi connectivity index (χ3n) is 2.55. The fraction of sp³-hybridized carbons (Fsp3) is 0.818. The summed E-state index contributed by atoms with van der Waals surface area (Å²) in [6, 6.07) is 0. The van der Waals surface area contributed by atoms with Gasteiger partial charge in [-0.1, -0.05) is 34.6 Å². The van der Waals surface area contributed by atoms with E-state index >= 15 is 0 Å². The van der Waals surface area contributed by atoms with Crippen LogP contribution in [0.4, 0.5) is 0 Å². The van der Waals surface area contributed by atoms with Crippen LogP contribution in [0.2, 0.25) is 0 Å². The largest absolute Gasteiger partial charge is 0.299 e. The van der Waals surface area contributed by atoms with Crippen LogP contribution in [0, 0.1) is 46.9 Å². The van der Waals surface area contributed by atoms with Crippen LogP contribution in [0.15, 0.2) is 0 Å². The number of hydrogen-bond donors (Lipinski definition) is 0. The van der Waals surface area contributed by atoms with Crippen LogP contribution in [0.5, 0.6) is 0 Å². The summed E-state index contributed by atoms with van der Waals surface area (Å²) < 4.78 is 0. The van der Waals surface area contributed by atoms with Gasteiger partial charge in [-0.25, -0.2) is 0 Å². The predicted molar refractivity (Wildman–Crippen MR) is 53.5 cm³/mol. The molecule has 0 saturated heterocycles. The first-order valence-electron chi connectivity index (χ1n) is 4.83. The minimum atomic E-state index is -0.0389. The van der Waals surface area contributed by atoms with Gasteiger partial charge in [0, 0.05) is 47.9 Å². The molecule has 0 spiro atoms. The molecular formula is C11H20LaO2. The van der Waals surface area contributed by atoms with Crippen molar-refractivity contribution in [3.05, 3.63) is 0 Å². The van der Waals surface area contributed by atoms with Crippen molar-refractivity contribution >= 4 is 11.6 Å². The Morgan fingerprint density at radius 2 is 1.64 bits per heavy atom. The van der Waals surface area contributed by atoms with Crippen molar-refractivity contribution in [3.8, 4) is 0 Å². The molecule has 0 rings (SSSR count). The molecule has 0 saturated carbocycles. The Morgan fingerprint density at radius 3 is 1.93 bits per heavy atom. The summed E-state index contributed by atoms with van der Waals surface area (Å²) in [5.41, 5.74) is -0.0366. The van der Waals surface area contributed by atoms with Crippen molar-refractivity contribution in [1.82, 2.24) is 0 Å². The smallest absolute Gasteiger partial charge is 0.143 e. The molecule has 0 aliphatic heterocycles. The number of Topliss-reactive ketones (excluding diaryl/α,β-unsaturated/α-hetero) is 2. The Bertz CT molecular complexity index is 204. The third kappa shape index (κ3) is 6.10. The Morgan fingerprint density at radius 1 is 1.21 bits per heavy atom. The van der Waals surface area contributed by atoms with Gasteiger partial charge in [0.25, 0.3) is 0 Å². The number of ketones is 2. The molecule has 0 aliphatic carbocycles. The Balaban J connectivity index is 0. The summed E-state index contributed by atoms with van der Waals surface area (Å²) in [5.74, 6) is 0.0726. The van der Waals surface area contributed by atoms with E-state index in [4.69, 9.17) is 0 Å². The first-order chi connectivity index (χ1) is 5.79. The van der Waals surface area contributed by atoms with Crippen LogP contribution in [-0.4, -0.2) is 11.6 Å². The molecule has 1 atom stereocenters. The van der Waals surface area contributed by atoms with Crippen molar-refractivity contribution in [1.29, 1.82) is 0 Å². The first-order valence-corrected chi connectivity index (χ1v) is 4.83. The van der Waals surface area contributed by atoms with Gasteiger partial charge in [-0.2, -0.15) is 0 Å². The topological polar surface area (TPSA) is 34.1 Å². The third-order valence-corrected chi connectivity index (χ3v) is 2.55. The van der Waals surface area contributed by atoms with Crippen molar-refractivity contribution in [2.24, 2.45) is 11.3 Å². The molecule has 0 aromatic rings. The molecule has 1 radical (unpaired) electrons. The number of carbonyl (C=O) groups excluding carboxylic acids is 2. The molecule has 0 amide bonds. The summed E-state index contributed by atoms with van der Waals surface area (Å²) in [5, 5.41) is 0. The SMILES string of the molecule is CCC(=O)CC(=O)C(C)C(C)(C)C.[La]. The molecule has 1 unspecified atom stereocenters. The molecule has 3 heteroatoms. The Labute approximate surface area is 115 Å². The summed E-state index contributed by atoms with van der Waals surface area (Å²) in [4.78, 5) is 22.6. The van der Waals surface area contributed by atoms with E-state index < -0.39 is 0 Å². The van der Waals surface area contributed by atoms with E-state index in [0.717, 1.165) is 0 Å². The van der Waals surface area contributed by atoms with E-state index in [9.17, 15) is 9.59 Å². The van der Waals surface area contributed by atoms with Gasteiger partial charge in [0.05, 0.1) is 6.42 Å². The Kier molecular flexibility index (Phi) is 8.37. The van der Waals surface area contributed by atoms with Crippen molar-refractivity contribution in [2.75, 3.05) is 0 Å². The van der Waals surface area contributed by atoms with E-state index in [1.807, 2.05) is 27.7 Å². The van der Waals surface area contributed by atoms with Crippen molar-refractivity contribution in [3.63, 3.8) is 0 Å². The number of hydrogen-bond acceptors (Lipinski definition) is 2. The van der Waals surface area contributed by atoms with Crippen molar-refractivity contribution in [2.45, 2.75) is 47.5 Å². The maximum atomic E-state index is 11.5. The minimum absolute atomic E-state index is 0. The predicted octanol–water partition coefficient (Wildman–Crippen LogP) is 2.61. The van der Waals surface area contributed by atoms with Gasteiger partial charge in [-0.3, -0.25) is 9.59 Å². The average Bonchev–Trinajstić information content (AvgIpc) is 2.01. The maximum Gasteiger partial charge on any atom is 0.143 e. The second-order valence-electron chi connectivity index (χ2n) is 4.62. The zero-order valence-corrected chi connectivity index (χ0v) is 13.5. The molecule has 79 valence electrons. The molecular weight excluding hydrogens is 303 g/mol. The van der Waals surface area contributed by atoms with Gasteiger partial charge in [-0.15, -0.1) is 0 Å². The van der Waals surface area contributed by atoms with Gasteiger partial charge >= 0.3 is 0 Å². The maximum absolute atomic E-state index is 11.5. The number of carbonyl (C=O) groups is 2. The van der Waals surface area contributed by atoms with Crippen LogP contribution < -0.4 is 0 Å². The van der Waals surface area contributed by atoms with E-state index in [0.29, 0.717) is 6.42 Å². The fourth-order valence-electron chi connectivity index (χ4n) is 0.955. The van der Waals surface area contributed by atoms with Gasteiger partial charge in [0.1, 0.15) is 11.6 Å². The molecule has 0 aromatic carbocycles. The zero-order valence-electron chi connectivity index (χ0n) is 9.89. The normalized spacial score (nSPS) is 12.9. The summed E-state index contributed by atoms with van der Waals surface area (Å²) in [7, 11) is 0. The van der Waals surface area contributed by atoms with E-state index in [-0.39, 0.29) is 64.9 Å². The molecule has 0 aliphatic rings. The van der Waals surface area contributed by atoms with Crippen LogP contribution in [0.1, 0.15) is 47.5 Å². The molecule has 0 N–H and O–H groups in total. The molecule has 0 heterocycles. The summed E-state index contributed by atoms with van der Waals surface area (Å²) in [6.45, 7) is 9.74. The second-order valence-corrected chi connectivity index (χ2v) is 4.62. The molecule has 0 bridgehead atoms. The molecule has 14 heavy (non-hydrogen) atoms. The van der Waals surface area contributed by atoms with Crippen LogP contribution in [0.3, 0.4) is 0 Å². The quantitative estimate of drug-likeness (QED) is 0.745. The standard InChI is InChI=1S/C11H20O2.La/c1-6-9(12)7-10(13)8(2)11(3,4)5;/h8H,6-7H2,1-5H3;. The van der Waals surface area contributed by atoms with Crippen LogP contribution in [0.25, 0.3) is 0 Å². The molecule has 0 aromatic heterocycles. The van der Waals surface area contributed by atoms with Gasteiger partial charge < -0.3 is 0 Å². The number of rotatable bonds is 4. The minimum Gasteiger partial charge on any atom is -0.299 e. The van der Waals surface area contributed by atoms with Gasteiger partial charge in [-0.05, 0) is 5.41 Å². The van der Waals surface area contributed by atoms with Crippen LogP contribution in [-0.2, 0) is 9.59 Å². The zero-order chi connectivity index (χ0) is 10.6. The molecule has 0 fully saturated rings.